The van der Waals surface area contributed by atoms with Gasteiger partial charge in [-0.2, -0.15) is 0 Å². The molecule has 0 aromatic heterocycles. The lowest BCUT2D eigenvalue weighted by molar-refractivity contribution is -0.0608. The number of morpholine rings is 1. The second kappa shape index (κ2) is 5.84. The summed E-state index contributed by atoms with van der Waals surface area (Å²) < 4.78 is 5.83. The predicted molar refractivity (Wildman–Crippen MR) is 71.9 cm³/mol. The fourth-order valence-corrected chi connectivity index (χ4v) is 3.24. The maximum Gasteiger partial charge on any atom is 0.0829 e. The molecule has 3 fully saturated rings. The Morgan fingerprint density at radius 2 is 1.89 bits per heavy atom. The highest BCUT2D eigenvalue weighted by Gasteiger charge is 2.34. The zero-order valence-electron chi connectivity index (χ0n) is 11.5. The molecule has 0 aromatic rings. The summed E-state index contributed by atoms with van der Waals surface area (Å²) in [6, 6.07) is 0.799. The van der Waals surface area contributed by atoms with Gasteiger partial charge in [0, 0.05) is 64.9 Å². The molecule has 1 atom stereocenters. The van der Waals surface area contributed by atoms with Gasteiger partial charge in [0.05, 0.1) is 12.7 Å². The Morgan fingerprint density at radius 1 is 1.11 bits per heavy atom. The molecule has 0 amide bonds. The standard InChI is InChI=1S/C13H26N4O/c1-15-6-7-18-13(10-15)11-16-8-12(9-16)17-4-2-14-3-5-17/h12-14H,2-11H2,1H3. The van der Waals surface area contributed by atoms with Crippen LogP contribution in [0.4, 0.5) is 0 Å². The molecule has 5 heteroatoms. The number of rotatable bonds is 3. The fourth-order valence-electron chi connectivity index (χ4n) is 3.24. The quantitative estimate of drug-likeness (QED) is 0.691. The third-order valence-corrected chi connectivity index (χ3v) is 4.41. The molecule has 0 radical (unpaired) electrons. The molecule has 0 spiro atoms. The van der Waals surface area contributed by atoms with Crippen molar-refractivity contribution in [2.45, 2.75) is 12.1 Å². The van der Waals surface area contributed by atoms with Crippen LogP contribution in [0.25, 0.3) is 0 Å². The highest BCUT2D eigenvalue weighted by atomic mass is 16.5. The Morgan fingerprint density at radius 3 is 2.61 bits per heavy atom. The Balaban J connectivity index is 1.37. The van der Waals surface area contributed by atoms with Gasteiger partial charge in [0.25, 0.3) is 0 Å². The molecule has 3 saturated heterocycles. The Hall–Kier alpha value is -0.200. The summed E-state index contributed by atoms with van der Waals surface area (Å²) in [7, 11) is 2.19. The van der Waals surface area contributed by atoms with E-state index in [0.29, 0.717) is 6.10 Å². The fraction of sp³-hybridized carbons (Fsp3) is 1.00. The Labute approximate surface area is 110 Å². The molecule has 3 heterocycles. The summed E-state index contributed by atoms with van der Waals surface area (Å²) in [6.45, 7) is 11.4. The molecule has 3 rings (SSSR count). The minimum atomic E-state index is 0.424. The highest BCUT2D eigenvalue weighted by Crippen LogP contribution is 2.17. The number of nitrogens with zero attached hydrogens (tertiary/aromatic N) is 3. The van der Waals surface area contributed by atoms with Crippen LogP contribution >= 0.6 is 0 Å². The largest absolute Gasteiger partial charge is 0.374 e. The summed E-state index contributed by atoms with van der Waals surface area (Å²) in [5.41, 5.74) is 0. The second-order valence-corrected chi connectivity index (χ2v) is 5.91. The maximum atomic E-state index is 5.83. The molecule has 3 aliphatic heterocycles. The third kappa shape index (κ3) is 3.03. The van der Waals surface area contributed by atoms with E-state index < -0.39 is 0 Å². The molecule has 1 N–H and O–H groups in total. The van der Waals surface area contributed by atoms with Crippen molar-refractivity contribution >= 4 is 0 Å². The van der Waals surface area contributed by atoms with E-state index in [-0.39, 0.29) is 0 Å². The van der Waals surface area contributed by atoms with Gasteiger partial charge in [0.2, 0.25) is 0 Å². The number of hydrogen-bond donors (Lipinski definition) is 1. The lowest BCUT2D eigenvalue weighted by Crippen LogP contribution is -2.64. The predicted octanol–water partition coefficient (Wildman–Crippen LogP) is -1.09. The summed E-state index contributed by atoms with van der Waals surface area (Å²) in [6.07, 6.45) is 0.424. The average Bonchev–Trinajstić information content (AvgIpc) is 2.34. The van der Waals surface area contributed by atoms with Crippen LogP contribution in [0.3, 0.4) is 0 Å². The number of ether oxygens (including phenoxy) is 1. The van der Waals surface area contributed by atoms with Gasteiger partial charge in [-0.1, -0.05) is 0 Å². The first-order valence-corrected chi connectivity index (χ1v) is 7.28. The van der Waals surface area contributed by atoms with Crippen LogP contribution in [0.1, 0.15) is 0 Å². The van der Waals surface area contributed by atoms with Crippen LogP contribution in [0.5, 0.6) is 0 Å². The van der Waals surface area contributed by atoms with Crippen molar-refractivity contribution in [2.24, 2.45) is 0 Å². The van der Waals surface area contributed by atoms with E-state index in [1.807, 2.05) is 0 Å². The topological polar surface area (TPSA) is 31.0 Å². The van der Waals surface area contributed by atoms with Crippen molar-refractivity contribution in [3.05, 3.63) is 0 Å². The van der Waals surface area contributed by atoms with Gasteiger partial charge < -0.3 is 15.0 Å². The molecular weight excluding hydrogens is 228 g/mol. The van der Waals surface area contributed by atoms with Crippen molar-refractivity contribution in [1.82, 2.24) is 20.0 Å². The first-order chi connectivity index (χ1) is 8.81. The van der Waals surface area contributed by atoms with Crippen molar-refractivity contribution in [3.8, 4) is 0 Å². The third-order valence-electron chi connectivity index (χ3n) is 4.41. The van der Waals surface area contributed by atoms with E-state index in [2.05, 4.69) is 27.1 Å². The molecule has 5 nitrogen and oxygen atoms in total. The van der Waals surface area contributed by atoms with Crippen LogP contribution in [0.2, 0.25) is 0 Å². The number of likely N-dealkylation sites (N-methyl/N-ethyl adjacent to an activating group) is 1. The van der Waals surface area contributed by atoms with Gasteiger partial charge in [0.15, 0.2) is 0 Å². The molecule has 0 saturated carbocycles. The highest BCUT2D eigenvalue weighted by molar-refractivity contribution is 4.91. The smallest absolute Gasteiger partial charge is 0.0829 e. The van der Waals surface area contributed by atoms with Crippen molar-refractivity contribution in [1.29, 1.82) is 0 Å². The summed E-state index contributed by atoms with van der Waals surface area (Å²) >= 11 is 0. The van der Waals surface area contributed by atoms with Gasteiger partial charge in [-0.25, -0.2) is 0 Å². The summed E-state index contributed by atoms with van der Waals surface area (Å²) in [5, 5.41) is 3.42. The lowest BCUT2D eigenvalue weighted by Gasteiger charge is -2.48. The van der Waals surface area contributed by atoms with Gasteiger partial charge in [-0.3, -0.25) is 9.80 Å². The molecule has 0 aromatic carbocycles. The first-order valence-electron chi connectivity index (χ1n) is 7.28. The molecular formula is C13H26N4O. The van der Waals surface area contributed by atoms with Gasteiger partial charge in [-0.05, 0) is 7.05 Å². The number of hydrogen-bond acceptors (Lipinski definition) is 5. The Bertz CT molecular complexity index is 264. The molecule has 18 heavy (non-hydrogen) atoms. The number of likely N-dealkylation sites (tertiary alicyclic amines) is 1. The van der Waals surface area contributed by atoms with Gasteiger partial charge in [0.1, 0.15) is 0 Å². The van der Waals surface area contributed by atoms with Crippen LogP contribution in [0, 0.1) is 0 Å². The second-order valence-electron chi connectivity index (χ2n) is 5.91. The first kappa shape index (κ1) is 12.8. The summed E-state index contributed by atoms with van der Waals surface area (Å²) in [4.78, 5) is 7.57. The minimum Gasteiger partial charge on any atom is -0.374 e. The van der Waals surface area contributed by atoms with E-state index >= 15 is 0 Å². The van der Waals surface area contributed by atoms with Crippen molar-refractivity contribution in [2.75, 3.05) is 72.6 Å². The van der Waals surface area contributed by atoms with E-state index in [1.165, 1.54) is 26.2 Å². The van der Waals surface area contributed by atoms with Crippen molar-refractivity contribution < 1.29 is 4.74 Å². The zero-order chi connectivity index (χ0) is 12.4. The van der Waals surface area contributed by atoms with E-state index in [0.717, 1.165) is 45.4 Å². The van der Waals surface area contributed by atoms with Crippen molar-refractivity contribution in [3.63, 3.8) is 0 Å². The normalized spacial score (nSPS) is 33.5. The number of piperazine rings is 1. The maximum absolute atomic E-state index is 5.83. The van der Waals surface area contributed by atoms with Gasteiger partial charge >= 0.3 is 0 Å². The molecule has 0 bridgehead atoms. The lowest BCUT2D eigenvalue weighted by atomic mass is 10.1. The van der Waals surface area contributed by atoms with Crippen LogP contribution in [0.15, 0.2) is 0 Å². The molecule has 3 aliphatic rings. The summed E-state index contributed by atoms with van der Waals surface area (Å²) in [5.74, 6) is 0. The average molecular weight is 254 g/mol. The monoisotopic (exact) mass is 254 g/mol. The van der Waals surface area contributed by atoms with E-state index in [1.54, 1.807) is 0 Å². The minimum absolute atomic E-state index is 0.424. The van der Waals surface area contributed by atoms with E-state index in [4.69, 9.17) is 4.74 Å². The molecule has 104 valence electrons. The zero-order valence-corrected chi connectivity index (χ0v) is 11.5. The SMILES string of the molecule is CN1CCOC(CN2CC(N3CCNCC3)C2)C1. The van der Waals surface area contributed by atoms with Gasteiger partial charge in [-0.15, -0.1) is 0 Å². The molecule has 1 unspecified atom stereocenters. The number of nitrogens with one attached hydrogen (secondary N) is 1. The van der Waals surface area contributed by atoms with Crippen LogP contribution < -0.4 is 5.32 Å². The van der Waals surface area contributed by atoms with Crippen LogP contribution in [-0.2, 0) is 4.74 Å². The van der Waals surface area contributed by atoms with E-state index in [9.17, 15) is 0 Å². The van der Waals surface area contributed by atoms with Crippen LogP contribution in [-0.4, -0.2) is 99.4 Å². The molecule has 0 aliphatic carbocycles. The Kier molecular flexibility index (Phi) is 4.16.